The fourth-order valence-electron chi connectivity index (χ4n) is 3.93. The van der Waals surface area contributed by atoms with Crippen molar-refractivity contribution in [2.45, 2.75) is 97.1 Å². The van der Waals surface area contributed by atoms with Crippen LogP contribution in [0.1, 0.15) is 86.0 Å². The van der Waals surface area contributed by atoms with E-state index in [9.17, 15) is 4.79 Å². The Kier molecular flexibility index (Phi) is 7.79. The van der Waals surface area contributed by atoms with Gasteiger partial charge < -0.3 is 4.74 Å². The van der Waals surface area contributed by atoms with Crippen molar-refractivity contribution in [1.29, 1.82) is 0 Å². The molecule has 0 aromatic rings. The Bertz CT molecular complexity index is 388. The first kappa shape index (κ1) is 20.2. The van der Waals surface area contributed by atoms with E-state index in [4.69, 9.17) is 4.74 Å². The summed E-state index contributed by atoms with van der Waals surface area (Å²) in [6.45, 7) is 15.0. The van der Waals surface area contributed by atoms with Crippen LogP contribution in [0.5, 0.6) is 0 Å². The zero-order valence-electron chi connectivity index (χ0n) is 16.0. The van der Waals surface area contributed by atoms with E-state index < -0.39 is 5.54 Å². The third-order valence-electron chi connectivity index (χ3n) is 5.44. The molecule has 0 amide bonds. The number of carbonyl (C=O) groups is 1. The molecule has 1 atom stereocenters. The van der Waals surface area contributed by atoms with E-state index >= 15 is 0 Å². The van der Waals surface area contributed by atoms with Crippen LogP contribution >= 0.6 is 0 Å². The standard InChI is InChI=1S/C18H31NO2.C2H6/c1-5-18(6-2,15-10-8-7-9-11-15)21-16(20)17(13-19-17)12-14(3)4;1-2/h15,19H,3,5-13H2,1-2,4H3;1-2H3. The maximum atomic E-state index is 12.7. The van der Waals surface area contributed by atoms with E-state index in [-0.39, 0.29) is 11.6 Å². The van der Waals surface area contributed by atoms with Crippen molar-refractivity contribution in [2.24, 2.45) is 5.92 Å². The second-order valence-electron chi connectivity index (χ2n) is 7.07. The highest BCUT2D eigenvalue weighted by Gasteiger charge is 2.53. The van der Waals surface area contributed by atoms with Crippen LogP contribution in [-0.2, 0) is 9.53 Å². The number of hydrogen-bond donors (Lipinski definition) is 1. The predicted octanol–water partition coefficient (Wildman–Crippen LogP) is 5.00. The van der Waals surface area contributed by atoms with E-state index in [1.54, 1.807) is 0 Å². The molecule has 23 heavy (non-hydrogen) atoms. The zero-order valence-corrected chi connectivity index (χ0v) is 16.0. The van der Waals surface area contributed by atoms with Crippen molar-refractivity contribution in [2.75, 3.05) is 6.54 Å². The van der Waals surface area contributed by atoms with Crippen molar-refractivity contribution in [1.82, 2.24) is 5.32 Å². The van der Waals surface area contributed by atoms with Crippen molar-refractivity contribution < 1.29 is 9.53 Å². The molecule has 1 N–H and O–H groups in total. The molecule has 0 spiro atoms. The molecular weight excluding hydrogens is 286 g/mol. The second-order valence-corrected chi connectivity index (χ2v) is 7.07. The van der Waals surface area contributed by atoms with Crippen LogP contribution in [0.3, 0.4) is 0 Å². The first-order valence-corrected chi connectivity index (χ1v) is 9.61. The molecule has 3 nitrogen and oxygen atoms in total. The molecule has 1 saturated heterocycles. The summed E-state index contributed by atoms with van der Waals surface area (Å²) in [7, 11) is 0. The van der Waals surface area contributed by atoms with Crippen molar-refractivity contribution in [3.63, 3.8) is 0 Å². The van der Waals surface area contributed by atoms with Crippen molar-refractivity contribution >= 4 is 5.97 Å². The average molecular weight is 324 g/mol. The molecule has 0 bridgehead atoms. The van der Waals surface area contributed by atoms with Crippen LogP contribution in [0.25, 0.3) is 0 Å². The summed E-state index contributed by atoms with van der Waals surface area (Å²) in [5, 5.41) is 3.22. The van der Waals surface area contributed by atoms with Crippen LogP contribution in [-0.4, -0.2) is 23.7 Å². The number of ether oxygens (including phenoxy) is 1. The number of carbonyl (C=O) groups excluding carboxylic acids is 1. The fraction of sp³-hybridized carbons (Fsp3) is 0.850. The van der Waals surface area contributed by atoms with Crippen LogP contribution in [0.15, 0.2) is 12.2 Å². The first-order valence-electron chi connectivity index (χ1n) is 9.61. The zero-order chi connectivity index (χ0) is 17.5. The number of hydrogen-bond acceptors (Lipinski definition) is 3. The van der Waals surface area contributed by atoms with Crippen molar-refractivity contribution in [3.05, 3.63) is 12.2 Å². The van der Waals surface area contributed by atoms with Gasteiger partial charge in [-0.05, 0) is 44.9 Å². The molecular formula is C20H37NO2. The minimum Gasteiger partial charge on any atom is -0.457 e. The summed E-state index contributed by atoms with van der Waals surface area (Å²) in [5.41, 5.74) is 0.299. The highest BCUT2D eigenvalue weighted by atomic mass is 16.6. The maximum absolute atomic E-state index is 12.7. The number of nitrogens with one attached hydrogen (secondary N) is 1. The SMILES string of the molecule is C=C(C)CC1(C(=O)OC(CC)(CC)C2CCCCC2)CN1.CC. The van der Waals surface area contributed by atoms with Gasteiger partial charge in [0.05, 0.1) is 0 Å². The van der Waals surface area contributed by atoms with Crippen LogP contribution in [0.2, 0.25) is 0 Å². The first-order chi connectivity index (χ1) is 11.0. The molecule has 3 heteroatoms. The monoisotopic (exact) mass is 323 g/mol. The second kappa shape index (κ2) is 8.86. The predicted molar refractivity (Wildman–Crippen MR) is 97.5 cm³/mol. The molecule has 1 saturated carbocycles. The summed E-state index contributed by atoms with van der Waals surface area (Å²) in [6.07, 6.45) is 8.82. The largest absolute Gasteiger partial charge is 0.457 e. The topological polar surface area (TPSA) is 48.2 Å². The molecule has 0 aromatic heterocycles. The minimum atomic E-state index is -0.476. The van der Waals surface area contributed by atoms with Gasteiger partial charge in [0.2, 0.25) is 0 Å². The van der Waals surface area contributed by atoms with Gasteiger partial charge in [-0.25, -0.2) is 4.79 Å². The quantitative estimate of drug-likeness (QED) is 0.407. The van der Waals surface area contributed by atoms with Gasteiger partial charge in [-0.15, -0.1) is 6.58 Å². The summed E-state index contributed by atoms with van der Waals surface area (Å²) in [5.74, 6) is 0.477. The molecule has 1 unspecified atom stereocenters. The van der Waals surface area contributed by atoms with Gasteiger partial charge in [0, 0.05) is 6.54 Å². The van der Waals surface area contributed by atoms with Gasteiger partial charge in [0.25, 0.3) is 0 Å². The van der Waals surface area contributed by atoms with Gasteiger partial charge in [-0.3, -0.25) is 5.32 Å². The number of esters is 1. The smallest absolute Gasteiger partial charge is 0.328 e. The van der Waals surface area contributed by atoms with Gasteiger partial charge in [-0.2, -0.15) is 0 Å². The summed E-state index contributed by atoms with van der Waals surface area (Å²) in [6, 6.07) is 0. The van der Waals surface area contributed by atoms with Gasteiger partial charge >= 0.3 is 5.97 Å². The summed E-state index contributed by atoms with van der Waals surface area (Å²) >= 11 is 0. The van der Waals surface area contributed by atoms with Crippen molar-refractivity contribution in [3.8, 4) is 0 Å². The van der Waals surface area contributed by atoms with Gasteiger partial charge in [-0.1, -0.05) is 52.5 Å². The lowest BCUT2D eigenvalue weighted by Crippen LogP contribution is -2.46. The van der Waals surface area contributed by atoms with Gasteiger partial charge in [0.15, 0.2) is 0 Å². The van der Waals surface area contributed by atoms with Crippen LogP contribution in [0.4, 0.5) is 0 Å². The highest BCUT2D eigenvalue weighted by Crippen LogP contribution is 2.41. The summed E-state index contributed by atoms with van der Waals surface area (Å²) in [4.78, 5) is 12.7. The Balaban J connectivity index is 0.00000127. The Hall–Kier alpha value is -0.830. The third-order valence-corrected chi connectivity index (χ3v) is 5.44. The molecule has 2 aliphatic rings. The van der Waals surface area contributed by atoms with Gasteiger partial charge in [0.1, 0.15) is 11.1 Å². The molecule has 1 aliphatic carbocycles. The molecule has 0 aromatic carbocycles. The van der Waals surface area contributed by atoms with E-state index in [0.717, 1.165) is 25.0 Å². The minimum absolute atomic E-state index is 0.0558. The van der Waals surface area contributed by atoms with Crippen LogP contribution in [0, 0.1) is 5.92 Å². The summed E-state index contributed by atoms with van der Waals surface area (Å²) < 4.78 is 6.16. The van der Waals surface area contributed by atoms with E-state index in [2.05, 4.69) is 25.7 Å². The normalized spacial score (nSPS) is 24.4. The average Bonchev–Trinajstić information content (AvgIpc) is 3.35. The maximum Gasteiger partial charge on any atom is 0.328 e. The fourth-order valence-corrected chi connectivity index (χ4v) is 3.93. The Morgan fingerprint density at radius 2 is 1.74 bits per heavy atom. The van der Waals surface area contributed by atoms with E-state index in [0.29, 0.717) is 12.3 Å². The number of rotatable bonds is 7. The Morgan fingerprint density at radius 3 is 2.13 bits per heavy atom. The van der Waals surface area contributed by atoms with E-state index in [1.807, 2.05) is 20.8 Å². The lowest BCUT2D eigenvalue weighted by molar-refractivity contribution is -0.172. The third kappa shape index (κ3) is 4.82. The Labute approximate surface area is 143 Å². The Morgan fingerprint density at radius 1 is 1.22 bits per heavy atom. The molecule has 2 fully saturated rings. The van der Waals surface area contributed by atoms with Crippen LogP contribution < -0.4 is 5.32 Å². The highest BCUT2D eigenvalue weighted by molar-refractivity contribution is 5.85. The molecule has 2 rings (SSSR count). The molecule has 1 heterocycles. The lowest BCUT2D eigenvalue weighted by Gasteiger charge is -2.41. The molecule has 0 radical (unpaired) electrons. The molecule has 134 valence electrons. The van der Waals surface area contributed by atoms with E-state index in [1.165, 1.54) is 32.1 Å². The molecule has 1 aliphatic heterocycles. The lowest BCUT2D eigenvalue weighted by atomic mass is 9.74.